The maximum Gasteiger partial charge on any atom is 0.416 e. The molecule has 0 unspecified atom stereocenters. The van der Waals surface area contributed by atoms with Gasteiger partial charge in [-0.3, -0.25) is 0 Å². The van der Waals surface area contributed by atoms with Gasteiger partial charge in [-0.2, -0.15) is 26.3 Å². The minimum Gasteiger partial charge on any atom is -0.487 e. The lowest BCUT2D eigenvalue weighted by molar-refractivity contribution is -0.138. The van der Waals surface area contributed by atoms with E-state index < -0.39 is 65.0 Å². The fourth-order valence-electron chi connectivity index (χ4n) is 9.81. The van der Waals surface area contributed by atoms with Crippen molar-refractivity contribution in [1.29, 1.82) is 0 Å². The molecule has 766 valence electrons. The maximum absolute atomic E-state index is 13.1. The number of halogens is 21. The molecule has 0 saturated heterocycles. The summed E-state index contributed by atoms with van der Waals surface area (Å²) in [6, 6.07) is 69.8. The number of benzene rings is 11. The third kappa shape index (κ3) is 57.3. The lowest BCUT2D eigenvalue weighted by Crippen LogP contribution is -2.06. The van der Waals surface area contributed by atoms with Crippen LogP contribution in [0.3, 0.4) is 0 Å². The van der Waals surface area contributed by atoms with Gasteiger partial charge < -0.3 is 99.0 Å². The zero-order valence-corrected chi connectivity index (χ0v) is 79.7. The van der Waals surface area contributed by atoms with Crippen molar-refractivity contribution in [2.45, 2.75) is 12.4 Å². The number of para-hydroxylation sites is 3. The van der Waals surface area contributed by atoms with Gasteiger partial charge in [-0.25, -0.2) is 43.9 Å². The molecule has 0 heterocycles. The standard InChI is InChI=1S/C16H16FNO2.C14H14FNO.2C11H11F4NO.2C10H10Cl2FNO.C10H10ClF2NO.2C10H12FNO/c17-13(10-11-18)12-19-14-6-8-16(9-7-14)20-15-4-2-1-3-5-15;15-13(7-8-16)10-17-14-6-5-11-3-1-2-4-12(11)9-14;12-9(5-6-16)7-17-10-3-1-8(2-4-10)11(13,14)15;12-9(4-5-16)7-17-10-3-1-2-8(6-10)11(13,14)15;2*11-7-1-2-10(9(12)5-7)15-6-8(13)3-4-14;11-9-5-8(1-2-10(9)13)15-6-7(12)3-4-14;2*11-9(6-7-12)8-13-10-4-2-1-3-5-10/h1-10H,11-12,18H2;1-7,9H,8,10,16H2;1-5H,6-7,16H2;1-4,6H,5,7,16H2;3*1-3,5H,4,6,14H2;2*1-6H,7-8,12H2/b13-10+;13-7+;9-5+;9-4+;8-3+;8-3-;7-3+;9-6+;9-6-. The molecule has 142 heavy (non-hydrogen) atoms. The van der Waals surface area contributed by atoms with Crippen molar-refractivity contribution in [3.8, 4) is 63.2 Å². The molecule has 0 atom stereocenters. The summed E-state index contributed by atoms with van der Waals surface area (Å²) < 4.78 is 254. The Bertz CT molecular complexity index is 5580. The van der Waals surface area contributed by atoms with Gasteiger partial charge in [0.1, 0.15) is 181 Å². The quantitative estimate of drug-likeness (QED) is 0.0162. The average molecular weight is 2100 g/mol. The minimum atomic E-state index is -4.44. The molecule has 0 aromatic heterocycles. The van der Waals surface area contributed by atoms with Gasteiger partial charge in [-0.1, -0.05) is 149 Å². The number of hydrogen-bond acceptors (Lipinski definition) is 19. The molecular weight excluding hydrogens is 1990 g/mol. The maximum atomic E-state index is 13.1. The molecule has 19 nitrogen and oxygen atoms in total. The average Bonchev–Trinajstić information content (AvgIpc) is 0.740. The molecule has 0 bridgehead atoms. The number of alkyl halides is 6. The van der Waals surface area contributed by atoms with E-state index >= 15 is 0 Å². The highest BCUT2D eigenvalue weighted by atomic mass is 35.5. The molecule has 0 fully saturated rings. The van der Waals surface area contributed by atoms with Crippen LogP contribution >= 0.6 is 58.0 Å². The first-order valence-electron chi connectivity index (χ1n) is 42.2. The van der Waals surface area contributed by atoms with E-state index in [1.165, 1.54) is 78.9 Å². The number of fused-ring (bicyclic) bond motifs is 1. The highest BCUT2D eigenvalue weighted by molar-refractivity contribution is 6.36. The Kier molecular flexibility index (Phi) is 63.1. The van der Waals surface area contributed by atoms with Crippen LogP contribution in [0.25, 0.3) is 10.8 Å². The van der Waals surface area contributed by atoms with Gasteiger partial charge in [-0.15, -0.1) is 0 Å². The largest absolute Gasteiger partial charge is 0.487 e. The Balaban J connectivity index is 0.000000412. The summed E-state index contributed by atoms with van der Waals surface area (Å²) in [7, 11) is 0. The molecule has 0 aliphatic heterocycles. The van der Waals surface area contributed by atoms with Crippen molar-refractivity contribution >= 4 is 68.8 Å². The van der Waals surface area contributed by atoms with Gasteiger partial charge in [0.05, 0.1) is 26.2 Å². The Labute approximate surface area is 837 Å². The van der Waals surface area contributed by atoms with E-state index in [2.05, 4.69) is 0 Å². The van der Waals surface area contributed by atoms with Crippen molar-refractivity contribution in [3.63, 3.8) is 0 Å². The van der Waals surface area contributed by atoms with Crippen molar-refractivity contribution in [2.75, 3.05) is 118 Å². The molecule has 0 saturated carbocycles. The summed E-state index contributed by atoms with van der Waals surface area (Å²) in [5.74, 6) is 0.755. The first-order chi connectivity index (χ1) is 68.0. The normalized spacial score (nSPS) is 11.8. The van der Waals surface area contributed by atoms with Gasteiger partial charge >= 0.3 is 12.4 Å². The molecular formula is C102H106Cl5F16N9O10. The predicted molar refractivity (Wildman–Crippen MR) is 531 cm³/mol. The van der Waals surface area contributed by atoms with Gasteiger partial charge in [0, 0.05) is 75.0 Å². The Hall–Kier alpha value is -12.7. The molecule has 0 amide bonds. The lowest BCUT2D eigenvalue weighted by Gasteiger charge is -2.09. The van der Waals surface area contributed by atoms with Gasteiger partial charge in [0.2, 0.25) is 0 Å². The number of rotatable bonds is 38. The summed E-state index contributed by atoms with van der Waals surface area (Å²) in [6.07, 6.45) is 2.25. The van der Waals surface area contributed by atoms with Crippen molar-refractivity contribution < 1.29 is 118 Å². The summed E-state index contributed by atoms with van der Waals surface area (Å²) in [5.41, 5.74) is 44.5. The van der Waals surface area contributed by atoms with E-state index in [0.717, 1.165) is 71.1 Å². The molecule has 11 aromatic rings. The van der Waals surface area contributed by atoms with E-state index in [1.807, 2.05) is 109 Å². The summed E-state index contributed by atoms with van der Waals surface area (Å²) >= 11 is 28.5. The minimum absolute atomic E-state index is 0.0117. The number of ether oxygens (including phenoxy) is 10. The molecule has 11 aromatic carbocycles. The fraction of sp³-hybridized carbons (Fsp3) is 0.196. The molecule has 0 aliphatic rings. The van der Waals surface area contributed by atoms with Crippen molar-refractivity contribution in [1.82, 2.24) is 0 Å². The zero-order chi connectivity index (χ0) is 105. The highest BCUT2D eigenvalue weighted by Crippen LogP contribution is 2.35. The highest BCUT2D eigenvalue weighted by Gasteiger charge is 2.31. The molecule has 0 aliphatic carbocycles. The van der Waals surface area contributed by atoms with E-state index in [4.69, 9.17) is 157 Å². The van der Waals surface area contributed by atoms with Gasteiger partial charge in [0.15, 0.2) is 0 Å². The monoisotopic (exact) mass is 2100 g/mol. The van der Waals surface area contributed by atoms with E-state index in [-0.39, 0.29) is 152 Å². The second-order valence-corrected chi connectivity index (χ2v) is 29.5. The van der Waals surface area contributed by atoms with Crippen LogP contribution in [0.1, 0.15) is 11.1 Å². The van der Waals surface area contributed by atoms with Crippen LogP contribution < -0.4 is 99.0 Å². The van der Waals surface area contributed by atoms with Crippen LogP contribution in [0, 0.1) is 5.82 Å². The first kappa shape index (κ1) is 123. The van der Waals surface area contributed by atoms with E-state index in [9.17, 15) is 70.2 Å². The van der Waals surface area contributed by atoms with Crippen LogP contribution in [0.4, 0.5) is 70.2 Å². The van der Waals surface area contributed by atoms with Crippen LogP contribution in [0.15, 0.2) is 368 Å². The molecule has 0 spiro atoms. The first-order valence-corrected chi connectivity index (χ1v) is 44.1. The van der Waals surface area contributed by atoms with E-state index in [1.54, 1.807) is 72.8 Å². The van der Waals surface area contributed by atoms with Crippen molar-refractivity contribution in [2.24, 2.45) is 51.6 Å². The van der Waals surface area contributed by atoms with Gasteiger partial charge in [-0.05, 0) is 229 Å². The van der Waals surface area contributed by atoms with Crippen molar-refractivity contribution in [3.05, 3.63) is 410 Å². The fourth-order valence-corrected chi connectivity index (χ4v) is 10.9. The summed E-state index contributed by atoms with van der Waals surface area (Å²) in [6.45, 7) is -0.474. The number of nitrogens with two attached hydrogens (primary N) is 9. The van der Waals surface area contributed by atoms with Crippen LogP contribution in [0.5, 0.6) is 63.2 Å². The molecule has 11 rings (SSSR count). The zero-order valence-electron chi connectivity index (χ0n) is 76.0. The van der Waals surface area contributed by atoms with Crippen LogP contribution in [-0.2, 0) is 12.4 Å². The molecule has 18 N–H and O–H groups in total. The topological polar surface area (TPSA) is 326 Å². The SMILES string of the molecule is NC/C=C(/F)COc1ccc(C(F)(F)F)cc1.NC/C=C(/F)COc1ccc(Cl)cc1Cl.NC/C=C(/F)COc1ccc(F)c(Cl)c1.NC/C=C(/F)COc1ccc(Oc2ccccc2)cc1.NC/C=C(/F)COc1ccc2ccccc2c1.NC/C=C(/F)COc1cccc(C(F)(F)F)c1.NC/C=C(/F)COc1ccccc1.NC/C=C(\F)COc1ccc(Cl)cc1Cl.NC/C=C(\F)COc1ccccc1. The Morgan fingerprint density at radius 1 is 0.225 bits per heavy atom. The molecule has 0 radical (unpaired) electrons. The summed E-state index contributed by atoms with van der Waals surface area (Å²) in [4.78, 5) is 0. The number of hydrogen-bond donors (Lipinski definition) is 9. The lowest BCUT2D eigenvalue weighted by atomic mass is 10.1. The van der Waals surface area contributed by atoms with E-state index in [0.29, 0.717) is 66.1 Å². The van der Waals surface area contributed by atoms with Crippen LogP contribution in [-0.4, -0.2) is 118 Å². The predicted octanol–water partition coefficient (Wildman–Crippen LogP) is 25.3. The third-order valence-corrected chi connectivity index (χ3v) is 17.8. The summed E-state index contributed by atoms with van der Waals surface area (Å²) in [5, 5.41) is 3.86. The van der Waals surface area contributed by atoms with Gasteiger partial charge in [0.25, 0.3) is 0 Å². The Morgan fingerprint density at radius 3 is 0.803 bits per heavy atom. The Morgan fingerprint density at radius 2 is 0.479 bits per heavy atom. The third-order valence-electron chi connectivity index (χ3n) is 16.5. The smallest absolute Gasteiger partial charge is 0.416 e. The molecule has 40 heteroatoms. The second-order valence-electron chi connectivity index (χ2n) is 27.4. The second kappa shape index (κ2) is 72.5. The van der Waals surface area contributed by atoms with Crippen LogP contribution in [0.2, 0.25) is 25.1 Å².